The minimum absolute atomic E-state index is 0.245. The SMILES string of the molecule is COc1cccc(-c2ccc(-c3cccc(NS(=O)(=O)c4ccc(C)cc4)c3)s2)c1. The number of anilines is 1. The molecular formula is C24H21NO3S2. The van der Waals surface area contributed by atoms with E-state index >= 15 is 0 Å². The molecule has 6 heteroatoms. The summed E-state index contributed by atoms with van der Waals surface area (Å²) < 4.78 is 33.4. The lowest BCUT2D eigenvalue weighted by Crippen LogP contribution is -2.12. The number of rotatable bonds is 6. The fourth-order valence-corrected chi connectivity index (χ4v) is 5.14. The zero-order valence-electron chi connectivity index (χ0n) is 16.6. The highest BCUT2D eigenvalue weighted by atomic mass is 32.2. The maximum atomic E-state index is 12.7. The minimum atomic E-state index is -3.64. The van der Waals surface area contributed by atoms with Crippen LogP contribution in [0.15, 0.2) is 89.8 Å². The Morgan fingerprint density at radius 3 is 2.10 bits per heavy atom. The van der Waals surface area contributed by atoms with Crippen molar-refractivity contribution in [1.82, 2.24) is 0 Å². The summed E-state index contributed by atoms with van der Waals surface area (Å²) in [7, 11) is -1.98. The highest BCUT2D eigenvalue weighted by Gasteiger charge is 2.14. The van der Waals surface area contributed by atoms with E-state index in [4.69, 9.17) is 4.74 Å². The molecule has 0 bridgehead atoms. The molecule has 4 rings (SSSR count). The molecule has 0 aliphatic carbocycles. The van der Waals surface area contributed by atoms with E-state index in [1.165, 1.54) is 0 Å². The summed E-state index contributed by atoms with van der Waals surface area (Å²) in [5.74, 6) is 0.815. The van der Waals surface area contributed by atoms with Gasteiger partial charge in [-0.05, 0) is 66.6 Å². The average Bonchev–Trinajstić information content (AvgIpc) is 3.24. The molecule has 0 radical (unpaired) electrons. The van der Waals surface area contributed by atoms with Gasteiger partial charge in [-0.2, -0.15) is 0 Å². The van der Waals surface area contributed by atoms with Crippen molar-refractivity contribution in [3.8, 4) is 26.6 Å². The van der Waals surface area contributed by atoms with Crippen molar-refractivity contribution in [2.24, 2.45) is 0 Å². The van der Waals surface area contributed by atoms with Crippen LogP contribution in [0.2, 0.25) is 0 Å². The van der Waals surface area contributed by atoms with Gasteiger partial charge in [0.05, 0.1) is 12.0 Å². The van der Waals surface area contributed by atoms with E-state index in [1.807, 2.05) is 55.5 Å². The van der Waals surface area contributed by atoms with Gasteiger partial charge in [0.25, 0.3) is 10.0 Å². The topological polar surface area (TPSA) is 55.4 Å². The van der Waals surface area contributed by atoms with Crippen LogP contribution in [0.4, 0.5) is 5.69 Å². The zero-order valence-corrected chi connectivity index (χ0v) is 18.3. The molecule has 0 unspecified atom stereocenters. The lowest BCUT2D eigenvalue weighted by molar-refractivity contribution is 0.415. The standard InChI is InChI=1S/C24H21NO3S2/c1-17-9-11-22(12-10-17)30(26,27)25-20-7-3-5-18(15-20)23-13-14-24(29-23)19-6-4-8-21(16-19)28-2/h3-16,25H,1-2H3. The lowest BCUT2D eigenvalue weighted by Gasteiger charge is -2.09. The van der Waals surface area contributed by atoms with Crippen molar-refractivity contribution < 1.29 is 13.2 Å². The van der Waals surface area contributed by atoms with Crippen LogP contribution in [0.25, 0.3) is 20.9 Å². The van der Waals surface area contributed by atoms with Gasteiger partial charge in [0.15, 0.2) is 0 Å². The van der Waals surface area contributed by atoms with Crippen LogP contribution in [0.5, 0.6) is 5.75 Å². The van der Waals surface area contributed by atoms with E-state index in [-0.39, 0.29) is 4.90 Å². The number of ether oxygens (including phenoxy) is 1. The van der Waals surface area contributed by atoms with Gasteiger partial charge < -0.3 is 4.74 Å². The number of benzene rings is 3. The third-order valence-electron chi connectivity index (χ3n) is 4.69. The first-order chi connectivity index (χ1) is 14.4. The third kappa shape index (κ3) is 4.40. The van der Waals surface area contributed by atoms with Crippen LogP contribution in [-0.4, -0.2) is 15.5 Å². The van der Waals surface area contributed by atoms with E-state index in [0.717, 1.165) is 32.2 Å². The van der Waals surface area contributed by atoms with Gasteiger partial charge in [0, 0.05) is 15.4 Å². The number of hydrogen-bond donors (Lipinski definition) is 1. The maximum absolute atomic E-state index is 12.7. The Bertz CT molecular complexity index is 1280. The predicted octanol–water partition coefficient (Wildman–Crippen LogP) is 6.20. The van der Waals surface area contributed by atoms with Gasteiger partial charge in [-0.15, -0.1) is 11.3 Å². The summed E-state index contributed by atoms with van der Waals surface area (Å²) >= 11 is 1.65. The second-order valence-corrected chi connectivity index (χ2v) is 9.66. The molecule has 0 aliphatic rings. The number of hydrogen-bond acceptors (Lipinski definition) is 4. The molecule has 0 fully saturated rings. The fourth-order valence-electron chi connectivity index (χ4n) is 3.09. The molecule has 0 amide bonds. The predicted molar refractivity (Wildman–Crippen MR) is 124 cm³/mol. The fraction of sp³-hybridized carbons (Fsp3) is 0.0833. The first kappa shape index (κ1) is 20.2. The van der Waals surface area contributed by atoms with E-state index in [1.54, 1.807) is 48.8 Å². The first-order valence-electron chi connectivity index (χ1n) is 9.39. The van der Waals surface area contributed by atoms with Gasteiger partial charge in [0.2, 0.25) is 0 Å². The Kier molecular flexibility index (Phi) is 5.61. The zero-order chi connectivity index (χ0) is 21.1. The van der Waals surface area contributed by atoms with Gasteiger partial charge in [-0.3, -0.25) is 4.72 Å². The van der Waals surface area contributed by atoms with E-state index in [2.05, 4.69) is 10.8 Å². The van der Waals surface area contributed by atoms with Crippen LogP contribution < -0.4 is 9.46 Å². The van der Waals surface area contributed by atoms with Gasteiger partial charge >= 0.3 is 0 Å². The molecule has 1 heterocycles. The van der Waals surface area contributed by atoms with Crippen LogP contribution in [0, 0.1) is 6.92 Å². The quantitative estimate of drug-likeness (QED) is 0.392. The monoisotopic (exact) mass is 435 g/mol. The summed E-state index contributed by atoms with van der Waals surface area (Å²) in [4.78, 5) is 2.42. The van der Waals surface area contributed by atoms with E-state index in [9.17, 15) is 8.42 Å². The summed E-state index contributed by atoms with van der Waals surface area (Å²) in [5, 5.41) is 0. The van der Waals surface area contributed by atoms with Crippen LogP contribution in [-0.2, 0) is 10.0 Å². The molecule has 0 atom stereocenters. The normalized spacial score (nSPS) is 11.3. The Hall–Kier alpha value is -3.09. The van der Waals surface area contributed by atoms with Crippen molar-refractivity contribution in [2.45, 2.75) is 11.8 Å². The number of aryl methyl sites for hydroxylation is 1. The molecule has 0 spiro atoms. The van der Waals surface area contributed by atoms with Crippen molar-refractivity contribution in [2.75, 3.05) is 11.8 Å². The molecule has 0 saturated carbocycles. The molecule has 1 N–H and O–H groups in total. The van der Waals surface area contributed by atoms with Crippen molar-refractivity contribution in [3.63, 3.8) is 0 Å². The van der Waals surface area contributed by atoms with Gasteiger partial charge in [-0.25, -0.2) is 8.42 Å². The van der Waals surface area contributed by atoms with Crippen LogP contribution >= 0.6 is 11.3 Å². The van der Waals surface area contributed by atoms with Crippen LogP contribution in [0.1, 0.15) is 5.56 Å². The third-order valence-corrected chi connectivity index (χ3v) is 7.27. The molecule has 4 nitrogen and oxygen atoms in total. The number of methoxy groups -OCH3 is 1. The summed E-state index contributed by atoms with van der Waals surface area (Å²) in [5.41, 5.74) is 3.59. The maximum Gasteiger partial charge on any atom is 0.261 e. The second kappa shape index (κ2) is 8.34. The molecular weight excluding hydrogens is 414 g/mol. The van der Waals surface area contributed by atoms with Gasteiger partial charge in [0.1, 0.15) is 5.75 Å². The molecule has 0 saturated heterocycles. The molecule has 152 valence electrons. The Morgan fingerprint density at radius 2 is 1.43 bits per heavy atom. The highest BCUT2D eigenvalue weighted by molar-refractivity contribution is 7.92. The Morgan fingerprint density at radius 1 is 0.800 bits per heavy atom. The second-order valence-electron chi connectivity index (χ2n) is 6.90. The summed E-state index contributed by atoms with van der Waals surface area (Å²) in [6.45, 7) is 1.92. The number of thiophene rings is 1. The van der Waals surface area contributed by atoms with E-state index < -0.39 is 10.0 Å². The molecule has 1 aromatic heterocycles. The Labute approximate surface area is 180 Å². The van der Waals surface area contributed by atoms with E-state index in [0.29, 0.717) is 5.69 Å². The lowest BCUT2D eigenvalue weighted by atomic mass is 10.1. The molecule has 30 heavy (non-hydrogen) atoms. The first-order valence-corrected chi connectivity index (χ1v) is 11.7. The molecule has 3 aromatic carbocycles. The number of sulfonamides is 1. The van der Waals surface area contributed by atoms with Crippen molar-refractivity contribution >= 4 is 27.0 Å². The van der Waals surface area contributed by atoms with Gasteiger partial charge in [-0.1, -0.05) is 42.0 Å². The number of nitrogens with one attached hydrogen (secondary N) is 1. The smallest absolute Gasteiger partial charge is 0.261 e. The molecule has 0 aliphatic heterocycles. The van der Waals surface area contributed by atoms with Crippen LogP contribution in [0.3, 0.4) is 0 Å². The average molecular weight is 436 g/mol. The van der Waals surface area contributed by atoms with Crippen molar-refractivity contribution in [1.29, 1.82) is 0 Å². The van der Waals surface area contributed by atoms with Crippen molar-refractivity contribution in [3.05, 3.63) is 90.5 Å². The molecule has 4 aromatic rings. The Balaban J connectivity index is 1.59. The summed E-state index contributed by atoms with van der Waals surface area (Å²) in [6.07, 6.45) is 0. The minimum Gasteiger partial charge on any atom is -0.497 e. The highest BCUT2D eigenvalue weighted by Crippen LogP contribution is 2.36. The largest absolute Gasteiger partial charge is 0.497 e. The summed E-state index contributed by atoms with van der Waals surface area (Å²) in [6, 6.07) is 26.3.